The fourth-order valence-corrected chi connectivity index (χ4v) is 2.70. The molecular weight excluding hydrogens is 294 g/mol. The van der Waals surface area contributed by atoms with Crippen LogP contribution in [0, 0.1) is 0 Å². The van der Waals surface area contributed by atoms with Gasteiger partial charge in [-0.15, -0.1) is 0 Å². The molecule has 5 nitrogen and oxygen atoms in total. The first kappa shape index (κ1) is 15.1. The second-order valence-corrected chi connectivity index (χ2v) is 5.47. The summed E-state index contributed by atoms with van der Waals surface area (Å²) in [5.41, 5.74) is 2.21. The van der Waals surface area contributed by atoms with Crippen LogP contribution in [0.25, 0.3) is 0 Å². The summed E-state index contributed by atoms with van der Waals surface area (Å²) < 4.78 is 5.24. The van der Waals surface area contributed by atoms with Crippen molar-refractivity contribution in [2.75, 3.05) is 11.4 Å². The van der Waals surface area contributed by atoms with E-state index >= 15 is 0 Å². The molecule has 1 atom stereocenters. The number of aromatic hydroxyl groups is 1. The number of esters is 1. The zero-order chi connectivity index (χ0) is 16.4. The van der Waals surface area contributed by atoms with E-state index in [1.165, 1.54) is 18.2 Å². The van der Waals surface area contributed by atoms with E-state index in [4.69, 9.17) is 4.74 Å². The maximum Gasteiger partial charge on any atom is 0.339 e. The molecular formula is C18H17NO4. The van der Waals surface area contributed by atoms with Gasteiger partial charge in [0.25, 0.3) is 5.91 Å². The van der Waals surface area contributed by atoms with Gasteiger partial charge in [-0.1, -0.05) is 24.3 Å². The van der Waals surface area contributed by atoms with E-state index < -0.39 is 12.1 Å². The largest absolute Gasteiger partial charge is 0.508 e. The highest BCUT2D eigenvalue weighted by atomic mass is 16.5. The predicted octanol–water partition coefficient (Wildman–Crippen LogP) is 2.53. The topological polar surface area (TPSA) is 66.8 Å². The van der Waals surface area contributed by atoms with E-state index in [0.29, 0.717) is 6.54 Å². The number of carbonyl (C=O) groups is 2. The van der Waals surface area contributed by atoms with Gasteiger partial charge >= 0.3 is 5.97 Å². The molecule has 1 N–H and O–H groups in total. The number of rotatable bonds is 3. The summed E-state index contributed by atoms with van der Waals surface area (Å²) in [6.45, 7) is 2.15. The summed E-state index contributed by atoms with van der Waals surface area (Å²) in [5, 5.41) is 9.40. The third-order valence-corrected chi connectivity index (χ3v) is 3.87. The number of benzene rings is 2. The number of nitrogens with zero attached hydrogens (tertiary/aromatic N) is 1. The lowest BCUT2D eigenvalue weighted by Gasteiger charge is -2.21. The number of carbonyl (C=O) groups excluding carboxylic acids is 2. The molecule has 0 saturated carbocycles. The van der Waals surface area contributed by atoms with Crippen molar-refractivity contribution in [2.24, 2.45) is 0 Å². The normalized spacial score (nSPS) is 14.2. The first-order valence-electron chi connectivity index (χ1n) is 7.45. The van der Waals surface area contributed by atoms with Gasteiger partial charge in [-0.25, -0.2) is 4.79 Å². The fraction of sp³-hybridized carbons (Fsp3) is 0.222. The highest BCUT2D eigenvalue weighted by molar-refractivity contribution is 6.00. The number of phenolic OH excluding ortho intramolecular Hbond substituents is 1. The number of phenols is 1. The van der Waals surface area contributed by atoms with Crippen molar-refractivity contribution >= 4 is 17.6 Å². The van der Waals surface area contributed by atoms with Crippen LogP contribution in [0.1, 0.15) is 22.8 Å². The van der Waals surface area contributed by atoms with E-state index in [9.17, 15) is 14.7 Å². The summed E-state index contributed by atoms with van der Waals surface area (Å²) >= 11 is 0. The van der Waals surface area contributed by atoms with Gasteiger partial charge in [0, 0.05) is 12.2 Å². The number of anilines is 1. The summed E-state index contributed by atoms with van der Waals surface area (Å²) in [4.78, 5) is 26.3. The molecule has 3 rings (SSSR count). The minimum atomic E-state index is -0.893. The Balaban J connectivity index is 1.70. The fourth-order valence-electron chi connectivity index (χ4n) is 2.70. The Kier molecular flexibility index (Phi) is 4.02. The van der Waals surface area contributed by atoms with Crippen LogP contribution in [0.3, 0.4) is 0 Å². The molecule has 0 saturated heterocycles. The van der Waals surface area contributed by atoms with Gasteiger partial charge in [0.15, 0.2) is 6.10 Å². The van der Waals surface area contributed by atoms with Crippen LogP contribution in [-0.2, 0) is 16.0 Å². The number of hydrogen-bond donors (Lipinski definition) is 1. The molecule has 0 aromatic heterocycles. The van der Waals surface area contributed by atoms with Crippen LogP contribution in [-0.4, -0.2) is 29.6 Å². The van der Waals surface area contributed by atoms with Crippen LogP contribution < -0.4 is 4.90 Å². The smallest absolute Gasteiger partial charge is 0.339 e. The average Bonchev–Trinajstić information content (AvgIpc) is 2.98. The molecule has 1 heterocycles. The molecule has 1 aliphatic rings. The van der Waals surface area contributed by atoms with E-state index in [-0.39, 0.29) is 17.2 Å². The zero-order valence-electron chi connectivity index (χ0n) is 12.7. The van der Waals surface area contributed by atoms with Gasteiger partial charge < -0.3 is 14.7 Å². The number of ether oxygens (including phenoxy) is 1. The summed E-state index contributed by atoms with van der Waals surface area (Å²) in [7, 11) is 0. The molecule has 0 radical (unpaired) electrons. The predicted molar refractivity (Wildman–Crippen MR) is 85.5 cm³/mol. The average molecular weight is 311 g/mol. The molecule has 0 aliphatic carbocycles. The SMILES string of the molecule is C[C@@H](OC(=O)c1cccc(O)c1)C(=O)N1CCc2ccccc21. The van der Waals surface area contributed by atoms with Gasteiger partial charge in [0.1, 0.15) is 5.75 Å². The summed E-state index contributed by atoms with van der Waals surface area (Å²) in [6, 6.07) is 13.6. The molecule has 1 aliphatic heterocycles. The summed E-state index contributed by atoms with van der Waals surface area (Å²) in [5.74, 6) is -0.899. The quantitative estimate of drug-likeness (QED) is 0.885. The Labute approximate surface area is 134 Å². The van der Waals surface area contributed by atoms with Gasteiger partial charge in [0.2, 0.25) is 0 Å². The van der Waals surface area contributed by atoms with Gasteiger partial charge in [-0.3, -0.25) is 4.79 Å². The first-order valence-corrected chi connectivity index (χ1v) is 7.45. The van der Waals surface area contributed by atoms with Crippen molar-refractivity contribution in [1.82, 2.24) is 0 Å². The maximum atomic E-state index is 12.5. The molecule has 0 unspecified atom stereocenters. The van der Waals surface area contributed by atoms with Gasteiger partial charge in [-0.2, -0.15) is 0 Å². The highest BCUT2D eigenvalue weighted by Gasteiger charge is 2.29. The van der Waals surface area contributed by atoms with Crippen LogP contribution in [0.4, 0.5) is 5.69 Å². The minimum Gasteiger partial charge on any atom is -0.508 e. The van der Waals surface area contributed by atoms with Gasteiger partial charge in [-0.05, 0) is 43.2 Å². The number of hydrogen-bond acceptors (Lipinski definition) is 4. The standard InChI is InChI=1S/C18H17NO4/c1-12(23-18(22)14-6-4-7-15(20)11-14)17(21)19-10-9-13-5-2-3-8-16(13)19/h2-8,11-12,20H,9-10H2,1H3/t12-/m1/s1. The molecule has 118 valence electrons. The van der Waals surface area contributed by atoms with E-state index in [2.05, 4.69) is 0 Å². The molecule has 23 heavy (non-hydrogen) atoms. The van der Waals surface area contributed by atoms with E-state index in [1.807, 2.05) is 24.3 Å². The Morgan fingerprint density at radius 3 is 2.74 bits per heavy atom. The molecule has 1 amide bonds. The number of amides is 1. The van der Waals surface area contributed by atoms with Gasteiger partial charge in [0.05, 0.1) is 5.56 Å². The van der Waals surface area contributed by atoms with Crippen molar-refractivity contribution in [3.8, 4) is 5.75 Å². The van der Waals surface area contributed by atoms with Crippen LogP contribution in [0.15, 0.2) is 48.5 Å². The Morgan fingerprint density at radius 2 is 1.96 bits per heavy atom. The van der Waals surface area contributed by atoms with Crippen molar-refractivity contribution < 1.29 is 19.4 Å². The Hall–Kier alpha value is -2.82. The van der Waals surface area contributed by atoms with E-state index in [0.717, 1.165) is 17.7 Å². The Morgan fingerprint density at radius 1 is 1.17 bits per heavy atom. The van der Waals surface area contributed by atoms with Crippen LogP contribution in [0.2, 0.25) is 0 Å². The second-order valence-electron chi connectivity index (χ2n) is 5.47. The van der Waals surface area contributed by atoms with Crippen molar-refractivity contribution in [3.63, 3.8) is 0 Å². The summed E-state index contributed by atoms with van der Waals surface area (Å²) in [6.07, 6.45) is -0.0919. The molecule has 5 heteroatoms. The molecule has 0 bridgehead atoms. The molecule has 2 aromatic carbocycles. The second kappa shape index (κ2) is 6.12. The number of para-hydroxylation sites is 1. The first-order chi connectivity index (χ1) is 11.1. The van der Waals surface area contributed by atoms with Crippen molar-refractivity contribution in [1.29, 1.82) is 0 Å². The monoisotopic (exact) mass is 311 g/mol. The zero-order valence-corrected chi connectivity index (χ0v) is 12.7. The maximum absolute atomic E-state index is 12.5. The van der Waals surface area contributed by atoms with Crippen LogP contribution in [0.5, 0.6) is 5.75 Å². The third-order valence-electron chi connectivity index (χ3n) is 3.87. The van der Waals surface area contributed by atoms with Crippen molar-refractivity contribution in [3.05, 3.63) is 59.7 Å². The lowest BCUT2D eigenvalue weighted by Crippen LogP contribution is -2.39. The molecule has 2 aromatic rings. The Bertz CT molecular complexity index is 756. The lowest BCUT2D eigenvalue weighted by molar-refractivity contribution is -0.126. The highest BCUT2D eigenvalue weighted by Crippen LogP contribution is 2.28. The molecule has 0 spiro atoms. The van der Waals surface area contributed by atoms with Crippen molar-refractivity contribution in [2.45, 2.75) is 19.4 Å². The third kappa shape index (κ3) is 3.04. The lowest BCUT2D eigenvalue weighted by atomic mass is 10.2. The minimum absolute atomic E-state index is 0.0214. The molecule has 0 fully saturated rings. The van der Waals surface area contributed by atoms with E-state index in [1.54, 1.807) is 17.9 Å². The van der Waals surface area contributed by atoms with Crippen LogP contribution >= 0.6 is 0 Å². The number of fused-ring (bicyclic) bond motifs is 1.